The number of amides is 2. The molecule has 6 heteroatoms. The third-order valence-corrected chi connectivity index (χ3v) is 4.10. The summed E-state index contributed by atoms with van der Waals surface area (Å²) >= 11 is 5.90. The number of carbonyl (C=O) groups excluding carboxylic acids is 2. The Kier molecular flexibility index (Phi) is 5.80. The van der Waals surface area contributed by atoms with E-state index in [0.29, 0.717) is 11.6 Å². The number of nitrogens with one attached hydrogen (secondary N) is 2. The van der Waals surface area contributed by atoms with Crippen molar-refractivity contribution in [3.8, 4) is 0 Å². The van der Waals surface area contributed by atoms with E-state index in [0.717, 1.165) is 18.7 Å². The topological polar surface area (TPSA) is 61.4 Å². The fourth-order valence-electron chi connectivity index (χ4n) is 2.70. The number of rotatable bonds is 4. The van der Waals surface area contributed by atoms with Crippen molar-refractivity contribution in [2.75, 3.05) is 19.6 Å². The molecular formula is C16H22ClN3O2. The molecule has 0 aromatic heterocycles. The van der Waals surface area contributed by atoms with E-state index in [2.05, 4.69) is 10.6 Å². The average molecular weight is 324 g/mol. The van der Waals surface area contributed by atoms with Crippen molar-refractivity contribution in [1.29, 1.82) is 0 Å². The van der Waals surface area contributed by atoms with Crippen molar-refractivity contribution >= 4 is 23.4 Å². The first-order valence-electron chi connectivity index (χ1n) is 7.50. The molecule has 1 heterocycles. The lowest BCUT2D eigenvalue weighted by Gasteiger charge is -2.35. The first kappa shape index (κ1) is 16.8. The summed E-state index contributed by atoms with van der Waals surface area (Å²) in [6.45, 7) is 5.80. The van der Waals surface area contributed by atoms with Crippen LogP contribution in [0, 0.1) is 0 Å². The average Bonchev–Trinajstić information content (AvgIpc) is 2.47. The van der Waals surface area contributed by atoms with Gasteiger partial charge in [0.05, 0.1) is 12.5 Å². The van der Waals surface area contributed by atoms with Gasteiger partial charge in [-0.05, 0) is 24.6 Å². The number of piperazine rings is 1. The highest BCUT2D eigenvalue weighted by Crippen LogP contribution is 2.21. The Balaban J connectivity index is 2.10. The molecule has 1 unspecified atom stereocenters. The quantitative estimate of drug-likeness (QED) is 0.887. The van der Waals surface area contributed by atoms with Gasteiger partial charge in [0, 0.05) is 37.6 Å². The van der Waals surface area contributed by atoms with E-state index in [-0.39, 0.29) is 30.3 Å². The molecule has 1 aromatic rings. The molecule has 0 bridgehead atoms. The standard InChI is InChI=1S/C16H22ClN3O2/c1-11-10-18-7-8-20(11)16(22)9-15(19-12(2)21)13-3-5-14(17)6-4-13/h3-6,11,15,18H,7-10H2,1-2H3,(H,19,21)/t11-,15?/m0/s1. The van der Waals surface area contributed by atoms with Gasteiger partial charge in [-0.15, -0.1) is 0 Å². The van der Waals surface area contributed by atoms with Crippen molar-refractivity contribution in [2.45, 2.75) is 32.4 Å². The molecule has 0 aliphatic carbocycles. The summed E-state index contributed by atoms with van der Waals surface area (Å²) in [5.41, 5.74) is 0.885. The van der Waals surface area contributed by atoms with E-state index >= 15 is 0 Å². The SMILES string of the molecule is CC(=O)NC(CC(=O)N1CCNC[C@@H]1C)c1ccc(Cl)cc1. The predicted octanol–water partition coefficient (Wildman–Crippen LogP) is 1.73. The maximum absolute atomic E-state index is 12.6. The highest BCUT2D eigenvalue weighted by Gasteiger charge is 2.26. The van der Waals surface area contributed by atoms with E-state index in [1.54, 1.807) is 12.1 Å². The molecule has 1 saturated heterocycles. The Morgan fingerprint density at radius 3 is 2.68 bits per heavy atom. The highest BCUT2D eigenvalue weighted by atomic mass is 35.5. The van der Waals surface area contributed by atoms with Crippen LogP contribution in [0.15, 0.2) is 24.3 Å². The number of hydrogen-bond donors (Lipinski definition) is 2. The molecule has 5 nitrogen and oxygen atoms in total. The molecule has 0 spiro atoms. The monoisotopic (exact) mass is 323 g/mol. The molecule has 2 N–H and O–H groups in total. The maximum atomic E-state index is 12.6. The summed E-state index contributed by atoms with van der Waals surface area (Å²) < 4.78 is 0. The minimum atomic E-state index is -0.329. The van der Waals surface area contributed by atoms with Gasteiger partial charge in [-0.25, -0.2) is 0 Å². The summed E-state index contributed by atoms with van der Waals surface area (Å²) in [5.74, 6) is -0.0937. The third kappa shape index (κ3) is 4.45. The molecule has 1 aromatic carbocycles. The smallest absolute Gasteiger partial charge is 0.225 e. The normalized spacial score (nSPS) is 19.6. The van der Waals surface area contributed by atoms with Crippen LogP contribution in [-0.2, 0) is 9.59 Å². The van der Waals surface area contributed by atoms with Crippen LogP contribution in [0.2, 0.25) is 5.02 Å². The van der Waals surface area contributed by atoms with Crippen LogP contribution in [0.4, 0.5) is 0 Å². The van der Waals surface area contributed by atoms with Crippen LogP contribution in [-0.4, -0.2) is 42.4 Å². The molecule has 1 fully saturated rings. The summed E-state index contributed by atoms with van der Waals surface area (Å²) in [7, 11) is 0. The molecule has 0 radical (unpaired) electrons. The van der Waals surface area contributed by atoms with E-state index in [9.17, 15) is 9.59 Å². The van der Waals surface area contributed by atoms with Gasteiger partial charge in [0.25, 0.3) is 0 Å². The van der Waals surface area contributed by atoms with Gasteiger partial charge in [-0.3, -0.25) is 9.59 Å². The zero-order valence-corrected chi connectivity index (χ0v) is 13.7. The molecule has 1 aliphatic rings. The van der Waals surface area contributed by atoms with Crippen LogP contribution < -0.4 is 10.6 Å². The number of hydrogen-bond acceptors (Lipinski definition) is 3. The van der Waals surface area contributed by atoms with Crippen molar-refractivity contribution in [2.24, 2.45) is 0 Å². The number of nitrogens with zero attached hydrogens (tertiary/aromatic N) is 1. The number of halogens is 1. The minimum absolute atomic E-state index is 0.0581. The largest absolute Gasteiger partial charge is 0.349 e. The lowest BCUT2D eigenvalue weighted by molar-refractivity contribution is -0.134. The zero-order valence-electron chi connectivity index (χ0n) is 12.9. The van der Waals surface area contributed by atoms with E-state index in [4.69, 9.17) is 11.6 Å². The summed E-state index contributed by atoms with van der Waals surface area (Å²) in [5, 5.41) is 6.75. The van der Waals surface area contributed by atoms with Gasteiger partial charge < -0.3 is 15.5 Å². The summed E-state index contributed by atoms with van der Waals surface area (Å²) in [4.78, 5) is 25.9. The molecule has 2 rings (SSSR count). The van der Waals surface area contributed by atoms with Crippen molar-refractivity contribution in [1.82, 2.24) is 15.5 Å². The molecular weight excluding hydrogens is 302 g/mol. The molecule has 22 heavy (non-hydrogen) atoms. The Morgan fingerprint density at radius 1 is 1.41 bits per heavy atom. The Hall–Kier alpha value is -1.59. The van der Waals surface area contributed by atoms with Crippen molar-refractivity contribution in [3.63, 3.8) is 0 Å². The summed E-state index contributed by atoms with van der Waals surface area (Å²) in [6.07, 6.45) is 0.256. The fourth-order valence-corrected chi connectivity index (χ4v) is 2.82. The second kappa shape index (κ2) is 7.61. The molecule has 1 aliphatic heterocycles. The van der Waals surface area contributed by atoms with E-state index < -0.39 is 0 Å². The van der Waals surface area contributed by atoms with E-state index in [1.807, 2.05) is 24.0 Å². The van der Waals surface area contributed by atoms with E-state index in [1.165, 1.54) is 6.92 Å². The van der Waals surface area contributed by atoms with Crippen molar-refractivity contribution in [3.05, 3.63) is 34.9 Å². The fraction of sp³-hybridized carbons (Fsp3) is 0.500. The Bertz CT molecular complexity index is 533. The van der Waals surface area contributed by atoms with Crippen LogP contribution >= 0.6 is 11.6 Å². The second-order valence-corrected chi connectivity index (χ2v) is 6.09. The lowest BCUT2D eigenvalue weighted by Crippen LogP contribution is -2.52. The van der Waals surface area contributed by atoms with Crippen LogP contribution in [0.25, 0.3) is 0 Å². The van der Waals surface area contributed by atoms with Crippen LogP contribution in [0.1, 0.15) is 31.9 Å². The van der Waals surface area contributed by atoms with Crippen molar-refractivity contribution < 1.29 is 9.59 Å². The van der Waals surface area contributed by atoms with Gasteiger partial charge in [-0.2, -0.15) is 0 Å². The number of carbonyl (C=O) groups is 2. The zero-order chi connectivity index (χ0) is 16.1. The molecule has 0 saturated carbocycles. The second-order valence-electron chi connectivity index (χ2n) is 5.65. The Labute approximate surface area is 136 Å². The lowest BCUT2D eigenvalue weighted by atomic mass is 10.0. The molecule has 120 valence electrons. The predicted molar refractivity (Wildman–Crippen MR) is 86.7 cm³/mol. The van der Waals surface area contributed by atoms with Gasteiger partial charge in [0.2, 0.25) is 11.8 Å². The first-order valence-corrected chi connectivity index (χ1v) is 7.88. The summed E-state index contributed by atoms with van der Waals surface area (Å²) in [6, 6.07) is 7.07. The first-order chi connectivity index (χ1) is 10.5. The van der Waals surface area contributed by atoms with Crippen LogP contribution in [0.5, 0.6) is 0 Å². The Morgan fingerprint density at radius 2 is 2.09 bits per heavy atom. The van der Waals surface area contributed by atoms with Gasteiger partial charge in [0.1, 0.15) is 0 Å². The van der Waals surface area contributed by atoms with Crippen LogP contribution in [0.3, 0.4) is 0 Å². The van der Waals surface area contributed by atoms with Gasteiger partial charge >= 0.3 is 0 Å². The van der Waals surface area contributed by atoms with Gasteiger partial charge in [-0.1, -0.05) is 23.7 Å². The third-order valence-electron chi connectivity index (χ3n) is 3.85. The highest BCUT2D eigenvalue weighted by molar-refractivity contribution is 6.30. The minimum Gasteiger partial charge on any atom is -0.349 e. The van der Waals surface area contributed by atoms with Gasteiger partial charge in [0.15, 0.2) is 0 Å². The molecule has 2 amide bonds. The molecule has 2 atom stereocenters. The maximum Gasteiger partial charge on any atom is 0.225 e. The number of benzene rings is 1.